The highest BCUT2D eigenvalue weighted by Crippen LogP contribution is 2.36. The van der Waals surface area contributed by atoms with Crippen LogP contribution in [0.5, 0.6) is 0 Å². The van der Waals surface area contributed by atoms with Crippen molar-refractivity contribution in [3.05, 3.63) is 34.4 Å². The molecule has 0 N–H and O–H groups in total. The monoisotopic (exact) mass is 305 g/mol. The molecule has 0 bridgehead atoms. The highest BCUT2D eigenvalue weighted by Gasteiger charge is 2.37. The van der Waals surface area contributed by atoms with E-state index in [1.54, 1.807) is 6.92 Å². The maximum Gasteiger partial charge on any atom is 0.417 e. The molecule has 7 heteroatoms. The van der Waals surface area contributed by atoms with Gasteiger partial charge < -0.3 is 4.74 Å². The fourth-order valence-corrected chi connectivity index (χ4v) is 1.99. The Morgan fingerprint density at radius 3 is 2.45 bits per heavy atom. The minimum Gasteiger partial charge on any atom is -0.466 e. The standard InChI is InChI=1S/C13H11ClF3NO2/c1-2-20-11(19)5-8-3-4-9(6-14)10(7-18)12(8)13(15,16)17/h3-4H,2,5-6H2,1H3. The number of carbonyl (C=O) groups excluding carboxylic acids is 1. The number of nitriles is 1. The predicted molar refractivity (Wildman–Crippen MR) is 66.1 cm³/mol. The third kappa shape index (κ3) is 3.64. The summed E-state index contributed by atoms with van der Waals surface area (Å²) in [5.41, 5.74) is -1.88. The quantitative estimate of drug-likeness (QED) is 0.632. The SMILES string of the molecule is CCOC(=O)Cc1ccc(CCl)c(C#N)c1C(F)(F)F. The Bertz CT molecular complexity index is 550. The van der Waals surface area contributed by atoms with E-state index in [0.29, 0.717) is 0 Å². The van der Waals surface area contributed by atoms with E-state index in [2.05, 4.69) is 4.74 Å². The summed E-state index contributed by atoms with van der Waals surface area (Å²) >= 11 is 5.53. The second-order valence-corrected chi connectivity index (χ2v) is 4.13. The molecule has 1 rings (SSSR count). The van der Waals surface area contributed by atoms with Crippen LogP contribution >= 0.6 is 11.6 Å². The van der Waals surface area contributed by atoms with Crippen molar-refractivity contribution >= 4 is 17.6 Å². The number of ether oxygens (including phenoxy) is 1. The van der Waals surface area contributed by atoms with Crippen LogP contribution in [0.3, 0.4) is 0 Å². The van der Waals surface area contributed by atoms with Crippen molar-refractivity contribution in [2.45, 2.75) is 25.4 Å². The summed E-state index contributed by atoms with van der Waals surface area (Å²) in [5.74, 6) is -0.994. The lowest BCUT2D eigenvalue weighted by atomic mass is 9.95. The maximum atomic E-state index is 13.1. The molecule has 0 unspecified atom stereocenters. The Balaban J connectivity index is 3.39. The van der Waals surface area contributed by atoms with E-state index in [0.717, 1.165) is 6.07 Å². The van der Waals surface area contributed by atoms with Crippen LogP contribution in [-0.4, -0.2) is 12.6 Å². The molecule has 0 radical (unpaired) electrons. The number of esters is 1. The molecular formula is C13H11ClF3NO2. The van der Waals surface area contributed by atoms with Crippen LogP contribution in [0.1, 0.15) is 29.2 Å². The molecule has 0 fully saturated rings. The van der Waals surface area contributed by atoms with E-state index >= 15 is 0 Å². The van der Waals surface area contributed by atoms with Gasteiger partial charge in [-0.25, -0.2) is 0 Å². The fraction of sp³-hybridized carbons (Fsp3) is 0.385. The zero-order chi connectivity index (χ0) is 15.3. The van der Waals surface area contributed by atoms with Gasteiger partial charge in [-0.3, -0.25) is 4.79 Å². The zero-order valence-corrected chi connectivity index (χ0v) is 11.3. The number of nitrogens with zero attached hydrogens (tertiary/aromatic N) is 1. The number of hydrogen-bond donors (Lipinski definition) is 0. The van der Waals surface area contributed by atoms with Crippen LogP contribution in [0.2, 0.25) is 0 Å². The van der Waals surface area contributed by atoms with Crippen LogP contribution in [-0.2, 0) is 28.0 Å². The molecule has 0 spiro atoms. The smallest absolute Gasteiger partial charge is 0.417 e. The highest BCUT2D eigenvalue weighted by atomic mass is 35.5. The lowest BCUT2D eigenvalue weighted by Gasteiger charge is -2.16. The molecule has 20 heavy (non-hydrogen) atoms. The zero-order valence-electron chi connectivity index (χ0n) is 10.6. The minimum absolute atomic E-state index is 0.0745. The maximum absolute atomic E-state index is 13.1. The molecule has 108 valence electrons. The summed E-state index contributed by atoms with van der Waals surface area (Å²) in [7, 11) is 0. The number of rotatable bonds is 4. The highest BCUT2D eigenvalue weighted by molar-refractivity contribution is 6.17. The van der Waals surface area contributed by atoms with E-state index in [9.17, 15) is 18.0 Å². The molecule has 0 aliphatic rings. The van der Waals surface area contributed by atoms with Gasteiger partial charge in [0.15, 0.2) is 0 Å². The van der Waals surface area contributed by atoms with E-state index in [4.69, 9.17) is 16.9 Å². The lowest BCUT2D eigenvalue weighted by molar-refractivity contribution is -0.143. The summed E-state index contributed by atoms with van der Waals surface area (Å²) in [6.07, 6.45) is -5.28. The van der Waals surface area contributed by atoms with Crippen molar-refractivity contribution in [1.82, 2.24) is 0 Å². The van der Waals surface area contributed by atoms with Crippen molar-refractivity contribution in [2.75, 3.05) is 6.61 Å². The number of alkyl halides is 4. The van der Waals surface area contributed by atoms with Gasteiger partial charge >= 0.3 is 12.1 Å². The average Bonchev–Trinajstić information content (AvgIpc) is 2.36. The Morgan fingerprint density at radius 1 is 1.40 bits per heavy atom. The van der Waals surface area contributed by atoms with Gasteiger partial charge in [-0.2, -0.15) is 18.4 Å². The Hall–Kier alpha value is -1.74. The van der Waals surface area contributed by atoms with Crippen molar-refractivity contribution in [3.8, 4) is 6.07 Å². The molecule has 0 amide bonds. The molecule has 0 saturated heterocycles. The average molecular weight is 306 g/mol. The molecule has 3 nitrogen and oxygen atoms in total. The summed E-state index contributed by atoms with van der Waals surface area (Å²) in [6.45, 7) is 1.63. The second kappa shape index (κ2) is 6.62. The van der Waals surface area contributed by atoms with Crippen molar-refractivity contribution < 1.29 is 22.7 Å². The molecular weight excluding hydrogens is 295 g/mol. The van der Waals surface area contributed by atoms with Gasteiger partial charge in [0.1, 0.15) is 6.07 Å². The van der Waals surface area contributed by atoms with Crippen LogP contribution in [0.15, 0.2) is 12.1 Å². The van der Waals surface area contributed by atoms with Crippen molar-refractivity contribution in [3.63, 3.8) is 0 Å². The van der Waals surface area contributed by atoms with Gasteiger partial charge in [-0.1, -0.05) is 12.1 Å². The van der Waals surface area contributed by atoms with Gasteiger partial charge in [0.05, 0.1) is 24.2 Å². The summed E-state index contributed by atoms with van der Waals surface area (Å²) < 4.78 is 43.9. The third-order valence-electron chi connectivity index (χ3n) is 2.56. The van der Waals surface area contributed by atoms with Gasteiger partial charge in [0.25, 0.3) is 0 Å². The van der Waals surface area contributed by atoms with Crippen LogP contribution in [0.4, 0.5) is 13.2 Å². The van der Waals surface area contributed by atoms with Gasteiger partial charge in [0, 0.05) is 5.88 Å². The van der Waals surface area contributed by atoms with E-state index < -0.39 is 29.7 Å². The normalized spacial score (nSPS) is 11.0. The number of benzene rings is 1. The van der Waals surface area contributed by atoms with Crippen molar-refractivity contribution in [2.24, 2.45) is 0 Å². The first-order valence-corrected chi connectivity index (χ1v) is 6.22. The Kier molecular flexibility index (Phi) is 5.40. The molecule has 0 aliphatic carbocycles. The molecule has 1 aromatic rings. The van der Waals surface area contributed by atoms with Crippen molar-refractivity contribution in [1.29, 1.82) is 5.26 Å². The first-order valence-electron chi connectivity index (χ1n) is 5.68. The van der Waals surface area contributed by atoms with Crippen LogP contribution in [0, 0.1) is 11.3 Å². The van der Waals surface area contributed by atoms with Gasteiger partial charge in [-0.15, -0.1) is 11.6 Å². The largest absolute Gasteiger partial charge is 0.466 e. The number of carbonyl (C=O) groups is 1. The Morgan fingerprint density at radius 2 is 2.00 bits per heavy atom. The third-order valence-corrected chi connectivity index (χ3v) is 2.85. The van der Waals surface area contributed by atoms with Crippen LogP contribution in [0.25, 0.3) is 0 Å². The molecule has 0 saturated carbocycles. The van der Waals surface area contributed by atoms with Crippen LogP contribution < -0.4 is 0 Å². The predicted octanol–water partition coefficient (Wildman–Crippen LogP) is 3.42. The van der Waals surface area contributed by atoms with Gasteiger partial charge in [0.2, 0.25) is 0 Å². The van der Waals surface area contributed by atoms with Gasteiger partial charge in [-0.05, 0) is 18.1 Å². The van der Waals surface area contributed by atoms with E-state index in [-0.39, 0.29) is 23.6 Å². The van der Waals surface area contributed by atoms with E-state index in [1.165, 1.54) is 12.1 Å². The second-order valence-electron chi connectivity index (χ2n) is 3.86. The molecule has 1 aromatic carbocycles. The lowest BCUT2D eigenvalue weighted by Crippen LogP contribution is -2.17. The first-order chi connectivity index (χ1) is 9.35. The number of halogens is 4. The summed E-state index contributed by atoms with van der Waals surface area (Å²) in [6, 6.07) is 3.98. The fourth-order valence-electron chi connectivity index (χ4n) is 1.77. The Labute approximate surface area is 118 Å². The van der Waals surface area contributed by atoms with E-state index in [1.807, 2.05) is 0 Å². The number of hydrogen-bond acceptors (Lipinski definition) is 3. The topological polar surface area (TPSA) is 50.1 Å². The minimum atomic E-state index is -4.74. The molecule has 0 aliphatic heterocycles. The molecule has 0 aromatic heterocycles. The molecule has 0 atom stereocenters. The first kappa shape index (κ1) is 16.3. The summed E-state index contributed by atoms with van der Waals surface area (Å²) in [5, 5.41) is 8.93. The summed E-state index contributed by atoms with van der Waals surface area (Å²) in [4.78, 5) is 11.3. The molecule has 0 heterocycles.